The molecule has 10 heteroatoms. The van der Waals surface area contributed by atoms with Crippen LogP contribution in [0.3, 0.4) is 0 Å². The van der Waals surface area contributed by atoms with E-state index in [1.807, 2.05) is 20.8 Å². The van der Waals surface area contributed by atoms with Gasteiger partial charge in [0.1, 0.15) is 11.2 Å². The number of methoxy groups -OCH3 is 1. The molecule has 0 saturated carbocycles. The van der Waals surface area contributed by atoms with Crippen molar-refractivity contribution in [2.24, 2.45) is 0 Å². The van der Waals surface area contributed by atoms with Crippen molar-refractivity contribution in [2.45, 2.75) is 79.1 Å². The van der Waals surface area contributed by atoms with Crippen molar-refractivity contribution in [2.75, 3.05) is 13.7 Å². The fourth-order valence-electron chi connectivity index (χ4n) is 2.59. The Morgan fingerprint density at radius 3 is 1.65 bits per heavy atom. The summed E-state index contributed by atoms with van der Waals surface area (Å²) in [5.41, 5.74) is 1.19. The zero-order valence-corrected chi connectivity index (χ0v) is 23.0. The second-order valence-corrected chi connectivity index (χ2v) is 9.68. The third-order valence-electron chi connectivity index (χ3n) is 3.79. The fourth-order valence-corrected chi connectivity index (χ4v) is 2.59. The molecular weight excluding hydrogens is 480 g/mol. The predicted molar refractivity (Wildman–Crippen MR) is 138 cm³/mol. The number of carbonyl (C=O) groups excluding carboxylic acids is 3. The van der Waals surface area contributed by atoms with E-state index in [4.69, 9.17) is 19.7 Å². The minimum Gasteiger partial charge on any atom is -0.465 e. The summed E-state index contributed by atoms with van der Waals surface area (Å²) in [5, 5.41) is 16.5. The largest absolute Gasteiger partial charge is 0.465 e. The maximum absolute atomic E-state index is 11.6. The molecule has 0 bridgehead atoms. The van der Waals surface area contributed by atoms with E-state index in [0.29, 0.717) is 17.0 Å². The molecule has 0 saturated heterocycles. The Morgan fingerprint density at radius 1 is 0.811 bits per heavy atom. The SMILES string of the molecule is CC(C)(C)OC(=O)Cc1cc(CO)ccn1.CCO.COC(=O)c1ccnc(CC(=O)OC(C)(C)C)c1. The Labute approximate surface area is 219 Å². The molecule has 2 N–H and O–H groups in total. The third kappa shape index (κ3) is 16.8. The van der Waals surface area contributed by atoms with Crippen LogP contribution in [0.2, 0.25) is 0 Å². The van der Waals surface area contributed by atoms with Gasteiger partial charge in [0, 0.05) is 19.0 Å². The lowest BCUT2D eigenvalue weighted by Gasteiger charge is -2.19. The number of rotatable bonds is 6. The van der Waals surface area contributed by atoms with E-state index in [1.165, 1.54) is 25.4 Å². The number of carbonyl (C=O) groups is 3. The van der Waals surface area contributed by atoms with Gasteiger partial charge in [-0.05, 0) is 78.3 Å². The van der Waals surface area contributed by atoms with Crippen molar-refractivity contribution in [3.8, 4) is 0 Å². The van der Waals surface area contributed by atoms with Crippen LogP contribution in [0.4, 0.5) is 0 Å². The van der Waals surface area contributed by atoms with Gasteiger partial charge in [-0.25, -0.2) is 4.79 Å². The van der Waals surface area contributed by atoms with E-state index < -0.39 is 17.2 Å². The zero-order chi connectivity index (χ0) is 28.6. The highest BCUT2D eigenvalue weighted by atomic mass is 16.6. The van der Waals surface area contributed by atoms with Crippen molar-refractivity contribution in [3.63, 3.8) is 0 Å². The summed E-state index contributed by atoms with van der Waals surface area (Å²) in [6.45, 7) is 12.7. The molecule has 0 spiro atoms. The molecule has 206 valence electrons. The Balaban J connectivity index is 0.000000637. The van der Waals surface area contributed by atoms with Crippen LogP contribution >= 0.6 is 0 Å². The van der Waals surface area contributed by atoms with Gasteiger partial charge >= 0.3 is 17.9 Å². The first-order valence-electron chi connectivity index (χ1n) is 11.8. The Bertz CT molecular complexity index is 994. The van der Waals surface area contributed by atoms with Crippen LogP contribution < -0.4 is 0 Å². The monoisotopic (exact) mass is 520 g/mol. The predicted octanol–water partition coefficient (Wildman–Crippen LogP) is 3.21. The van der Waals surface area contributed by atoms with E-state index in [9.17, 15) is 14.4 Å². The Kier molecular flexibility index (Phi) is 14.9. The average Bonchev–Trinajstić information content (AvgIpc) is 2.77. The molecule has 10 nitrogen and oxygen atoms in total. The van der Waals surface area contributed by atoms with Crippen LogP contribution in [0.25, 0.3) is 0 Å². The number of hydrogen-bond acceptors (Lipinski definition) is 10. The number of esters is 3. The van der Waals surface area contributed by atoms with Crippen molar-refractivity contribution in [3.05, 3.63) is 59.2 Å². The number of nitrogens with zero attached hydrogens (tertiary/aromatic N) is 2. The summed E-state index contributed by atoms with van der Waals surface area (Å²) in [4.78, 5) is 42.5. The van der Waals surface area contributed by atoms with Gasteiger partial charge in [-0.3, -0.25) is 19.6 Å². The van der Waals surface area contributed by atoms with Gasteiger partial charge in [0.25, 0.3) is 0 Å². The van der Waals surface area contributed by atoms with Gasteiger partial charge in [-0.15, -0.1) is 0 Å². The van der Waals surface area contributed by atoms with Crippen LogP contribution in [0.1, 0.15) is 75.8 Å². The molecule has 0 unspecified atom stereocenters. The minimum atomic E-state index is -0.531. The Morgan fingerprint density at radius 2 is 1.24 bits per heavy atom. The molecule has 0 amide bonds. The van der Waals surface area contributed by atoms with E-state index in [-0.39, 0.29) is 38.0 Å². The van der Waals surface area contributed by atoms with Gasteiger partial charge in [-0.1, -0.05) is 0 Å². The van der Waals surface area contributed by atoms with E-state index in [1.54, 1.807) is 46.0 Å². The summed E-state index contributed by atoms with van der Waals surface area (Å²) < 4.78 is 14.9. The molecule has 0 radical (unpaired) electrons. The molecule has 0 atom stereocenters. The second-order valence-electron chi connectivity index (χ2n) is 9.68. The lowest BCUT2D eigenvalue weighted by atomic mass is 10.1. The minimum absolute atomic E-state index is 0.0299. The lowest BCUT2D eigenvalue weighted by Crippen LogP contribution is -2.25. The highest BCUT2D eigenvalue weighted by molar-refractivity contribution is 5.89. The number of pyridine rings is 2. The quantitative estimate of drug-likeness (QED) is 0.430. The normalized spacial score (nSPS) is 10.6. The number of aromatic nitrogens is 2. The molecule has 0 fully saturated rings. The molecule has 0 aromatic carbocycles. The lowest BCUT2D eigenvalue weighted by molar-refractivity contribution is -0.155. The van der Waals surface area contributed by atoms with Gasteiger partial charge < -0.3 is 24.4 Å². The molecule has 0 aliphatic rings. The van der Waals surface area contributed by atoms with Crippen LogP contribution in [-0.4, -0.2) is 63.0 Å². The summed E-state index contributed by atoms with van der Waals surface area (Å²) in [5.74, 6) is -1.14. The second kappa shape index (κ2) is 16.4. The summed E-state index contributed by atoms with van der Waals surface area (Å²) >= 11 is 0. The summed E-state index contributed by atoms with van der Waals surface area (Å²) in [7, 11) is 1.30. The van der Waals surface area contributed by atoms with Gasteiger partial charge in [-0.2, -0.15) is 0 Å². The molecular formula is C27H40N2O8. The van der Waals surface area contributed by atoms with E-state index in [0.717, 1.165) is 5.56 Å². The highest BCUT2D eigenvalue weighted by Crippen LogP contribution is 2.11. The average molecular weight is 521 g/mol. The maximum atomic E-state index is 11.6. The molecule has 2 heterocycles. The van der Waals surface area contributed by atoms with Crippen LogP contribution in [0, 0.1) is 0 Å². The van der Waals surface area contributed by atoms with Crippen molar-refractivity contribution in [1.82, 2.24) is 9.97 Å². The highest BCUT2D eigenvalue weighted by Gasteiger charge is 2.18. The van der Waals surface area contributed by atoms with Gasteiger partial charge in [0.15, 0.2) is 0 Å². The third-order valence-corrected chi connectivity index (χ3v) is 3.79. The number of hydrogen-bond donors (Lipinski definition) is 2. The standard InChI is InChI=1S/C13H17NO4.C12H17NO3.C2H6O/c1-13(2,3)18-11(15)8-10-7-9(5-6-14-10)12(16)17-4;1-12(2,3)16-11(15)7-10-6-9(8-14)4-5-13-10;1-2-3/h5-7H,8H2,1-4H3;4-6,14H,7-8H2,1-3H3;3H,2H2,1H3. The van der Waals surface area contributed by atoms with E-state index in [2.05, 4.69) is 14.7 Å². The van der Waals surface area contributed by atoms with Crippen molar-refractivity contribution < 1.29 is 38.8 Å². The van der Waals surface area contributed by atoms with Crippen LogP contribution in [0.15, 0.2) is 36.7 Å². The molecule has 0 aliphatic carbocycles. The molecule has 2 rings (SSSR count). The molecule has 37 heavy (non-hydrogen) atoms. The first-order chi connectivity index (χ1) is 17.1. The topological polar surface area (TPSA) is 145 Å². The zero-order valence-electron chi connectivity index (χ0n) is 23.0. The van der Waals surface area contributed by atoms with Crippen molar-refractivity contribution >= 4 is 17.9 Å². The number of ether oxygens (including phenoxy) is 3. The van der Waals surface area contributed by atoms with Crippen LogP contribution in [0.5, 0.6) is 0 Å². The fraction of sp³-hybridized carbons (Fsp3) is 0.519. The van der Waals surface area contributed by atoms with Crippen LogP contribution in [-0.2, 0) is 43.2 Å². The summed E-state index contributed by atoms with van der Waals surface area (Å²) in [6.07, 6.45) is 3.20. The van der Waals surface area contributed by atoms with Gasteiger partial charge in [0.05, 0.1) is 43.5 Å². The van der Waals surface area contributed by atoms with Gasteiger partial charge in [0.2, 0.25) is 0 Å². The molecule has 2 aromatic heterocycles. The maximum Gasteiger partial charge on any atom is 0.337 e. The molecule has 2 aromatic rings. The summed E-state index contributed by atoms with van der Waals surface area (Å²) in [6, 6.07) is 6.46. The number of aliphatic hydroxyl groups is 2. The van der Waals surface area contributed by atoms with E-state index >= 15 is 0 Å². The Hall–Kier alpha value is -3.37. The molecule has 0 aliphatic heterocycles. The first-order valence-corrected chi connectivity index (χ1v) is 11.8. The number of aliphatic hydroxyl groups excluding tert-OH is 2. The first kappa shape index (κ1) is 33.6. The van der Waals surface area contributed by atoms with Crippen molar-refractivity contribution in [1.29, 1.82) is 0 Å². The smallest absolute Gasteiger partial charge is 0.337 e.